The number of amides is 2. The normalized spacial score (nSPS) is 14.5. The highest BCUT2D eigenvalue weighted by atomic mass is 35.5. The number of halogens is 5. The van der Waals surface area contributed by atoms with Gasteiger partial charge in [-0.25, -0.2) is 4.90 Å². The Morgan fingerprint density at radius 2 is 1.26 bits per heavy atom. The number of alkyl halides is 4. The summed E-state index contributed by atoms with van der Waals surface area (Å²) in [7, 11) is 0. The number of imide groups is 1. The average Bonchev–Trinajstić information content (AvgIpc) is 3.88. The molecule has 0 N–H and O–H groups in total. The van der Waals surface area contributed by atoms with Crippen LogP contribution in [0.4, 0.5) is 23.2 Å². The Morgan fingerprint density at radius 3 is 1.67 bits per heavy atom. The summed E-state index contributed by atoms with van der Waals surface area (Å²) in [4.78, 5) is 32.2. The van der Waals surface area contributed by atoms with Crippen LogP contribution in [-0.2, 0) is 0 Å². The molecule has 1 aromatic heterocycles. The van der Waals surface area contributed by atoms with Crippen molar-refractivity contribution in [2.75, 3.05) is 18.1 Å². The molecule has 2 fully saturated rings. The molecule has 42 heavy (non-hydrogen) atoms. The van der Waals surface area contributed by atoms with Gasteiger partial charge in [-0.1, -0.05) is 11.6 Å². The first-order chi connectivity index (χ1) is 20.2. The van der Waals surface area contributed by atoms with E-state index in [2.05, 4.69) is 14.5 Å². The van der Waals surface area contributed by atoms with E-state index in [1.54, 1.807) is 0 Å². The van der Waals surface area contributed by atoms with Crippen LogP contribution in [0.5, 0.6) is 23.0 Å². The predicted molar refractivity (Wildman–Crippen MR) is 143 cm³/mol. The predicted octanol–water partition coefficient (Wildman–Crippen LogP) is 7.00. The number of anilines is 1. The molecule has 2 aromatic carbocycles. The van der Waals surface area contributed by atoms with Crippen LogP contribution in [0.15, 0.2) is 54.9 Å². The van der Waals surface area contributed by atoms with Crippen molar-refractivity contribution in [3.63, 3.8) is 0 Å². The Bertz CT molecular complexity index is 1370. The molecule has 0 bridgehead atoms. The fraction of sp³-hybridized carbons (Fsp3) is 0.345. The monoisotopic (exact) mass is 608 g/mol. The average molecular weight is 609 g/mol. The van der Waals surface area contributed by atoms with Gasteiger partial charge in [-0.15, -0.1) is 0 Å². The minimum atomic E-state index is -3.21. The SMILES string of the molecule is O=C(c1ccc(OCC2CC2)c(OC(F)F)c1)N(C(=O)c1ccc(OCC2CC2)c(OC(F)F)c1)c1ccncc1Cl. The van der Waals surface area contributed by atoms with Crippen LogP contribution in [0.1, 0.15) is 46.4 Å². The van der Waals surface area contributed by atoms with Crippen molar-refractivity contribution in [1.29, 1.82) is 0 Å². The minimum Gasteiger partial charge on any atom is -0.489 e. The van der Waals surface area contributed by atoms with E-state index >= 15 is 0 Å². The van der Waals surface area contributed by atoms with Crippen molar-refractivity contribution >= 4 is 29.1 Å². The maximum Gasteiger partial charge on any atom is 0.387 e. The molecule has 222 valence electrons. The third kappa shape index (κ3) is 7.41. The second-order valence-corrected chi connectivity index (χ2v) is 10.3. The van der Waals surface area contributed by atoms with Crippen LogP contribution in [-0.4, -0.2) is 43.2 Å². The summed E-state index contributed by atoms with van der Waals surface area (Å²) in [5, 5.41) is -0.0823. The molecule has 0 radical (unpaired) electrons. The molecule has 0 atom stereocenters. The molecule has 2 saturated carbocycles. The topological polar surface area (TPSA) is 87.2 Å². The number of rotatable bonds is 13. The van der Waals surface area contributed by atoms with E-state index in [1.807, 2.05) is 0 Å². The maximum absolute atomic E-state index is 13.8. The third-order valence-electron chi connectivity index (χ3n) is 6.55. The third-order valence-corrected chi connectivity index (χ3v) is 6.85. The smallest absolute Gasteiger partial charge is 0.387 e. The first kappa shape index (κ1) is 29.4. The molecule has 0 aliphatic heterocycles. The lowest BCUT2D eigenvalue weighted by Gasteiger charge is -2.23. The molecule has 5 rings (SSSR count). The van der Waals surface area contributed by atoms with Gasteiger partial charge in [0.15, 0.2) is 23.0 Å². The second-order valence-electron chi connectivity index (χ2n) is 9.86. The minimum absolute atomic E-state index is 0.00847. The van der Waals surface area contributed by atoms with Gasteiger partial charge < -0.3 is 18.9 Å². The van der Waals surface area contributed by atoms with E-state index in [4.69, 9.17) is 21.1 Å². The molecule has 3 aromatic rings. The summed E-state index contributed by atoms with van der Waals surface area (Å²) in [5.41, 5.74) is -0.504. The van der Waals surface area contributed by atoms with Gasteiger partial charge in [0.05, 0.1) is 23.9 Å². The Balaban J connectivity index is 1.49. The summed E-state index contributed by atoms with van der Waals surface area (Å²) in [6.45, 7) is -5.82. The first-order valence-electron chi connectivity index (χ1n) is 13.1. The quantitative estimate of drug-likeness (QED) is 0.152. The summed E-state index contributed by atoms with van der Waals surface area (Å²) in [6, 6.07) is 8.54. The number of carbonyl (C=O) groups is 2. The molecule has 1 heterocycles. The summed E-state index contributed by atoms with van der Waals surface area (Å²) in [5.74, 6) is -2.07. The molecular formula is C29H25ClF4N2O6. The van der Waals surface area contributed by atoms with Crippen molar-refractivity contribution < 1.29 is 46.1 Å². The number of benzene rings is 2. The lowest BCUT2D eigenvalue weighted by Crippen LogP contribution is -2.37. The lowest BCUT2D eigenvalue weighted by atomic mass is 10.1. The second kappa shape index (κ2) is 12.8. The van der Waals surface area contributed by atoms with Crippen molar-refractivity contribution in [2.45, 2.75) is 38.9 Å². The molecule has 2 amide bonds. The Hall–Kier alpha value is -4.06. The molecule has 8 nitrogen and oxygen atoms in total. The van der Waals surface area contributed by atoms with E-state index in [0.717, 1.165) is 37.8 Å². The number of hydrogen-bond acceptors (Lipinski definition) is 7. The largest absolute Gasteiger partial charge is 0.489 e. The van der Waals surface area contributed by atoms with E-state index in [-0.39, 0.29) is 33.3 Å². The fourth-order valence-corrected chi connectivity index (χ4v) is 4.20. The molecule has 0 spiro atoms. The first-order valence-corrected chi connectivity index (χ1v) is 13.5. The van der Waals surface area contributed by atoms with Crippen molar-refractivity contribution in [1.82, 2.24) is 4.98 Å². The van der Waals surface area contributed by atoms with Crippen LogP contribution < -0.4 is 23.8 Å². The van der Waals surface area contributed by atoms with Crippen molar-refractivity contribution in [3.05, 3.63) is 71.0 Å². The van der Waals surface area contributed by atoms with Gasteiger partial charge in [-0.05, 0) is 80.0 Å². The zero-order chi connectivity index (χ0) is 29.8. The number of hydrogen-bond donors (Lipinski definition) is 0. The van der Waals surface area contributed by atoms with E-state index in [1.165, 1.54) is 42.7 Å². The van der Waals surface area contributed by atoms with Crippen LogP contribution in [0, 0.1) is 11.8 Å². The van der Waals surface area contributed by atoms with Crippen LogP contribution in [0.25, 0.3) is 0 Å². The summed E-state index contributed by atoms with van der Waals surface area (Å²) in [6.07, 6.45) is 6.33. The standard InChI is InChI=1S/C29H25ClF4N2O6/c30-20-13-35-10-9-21(20)36(26(37)18-5-7-22(39-14-16-1-2-16)24(11-18)41-28(31)32)27(38)19-6-8-23(40-15-17-3-4-17)25(12-19)42-29(33)34/h5-13,16-17,28-29H,1-4,14-15H2. The Kier molecular flexibility index (Phi) is 9.00. The number of nitrogens with zero attached hydrogens (tertiary/aromatic N) is 2. The molecule has 0 unspecified atom stereocenters. The number of aromatic nitrogens is 1. The van der Waals surface area contributed by atoms with Crippen LogP contribution >= 0.6 is 11.6 Å². The van der Waals surface area contributed by atoms with Gasteiger partial charge in [0.25, 0.3) is 11.8 Å². The van der Waals surface area contributed by atoms with Crippen molar-refractivity contribution in [2.24, 2.45) is 11.8 Å². The highest BCUT2D eigenvalue weighted by Gasteiger charge is 2.31. The molecule has 0 saturated heterocycles. The van der Waals surface area contributed by atoms with E-state index in [9.17, 15) is 27.2 Å². The Morgan fingerprint density at radius 1 is 0.786 bits per heavy atom. The zero-order valence-electron chi connectivity index (χ0n) is 22.0. The van der Waals surface area contributed by atoms with Gasteiger partial charge >= 0.3 is 13.2 Å². The zero-order valence-corrected chi connectivity index (χ0v) is 22.7. The number of ether oxygens (including phenoxy) is 4. The van der Waals surface area contributed by atoms with Crippen molar-refractivity contribution in [3.8, 4) is 23.0 Å². The molecule has 2 aliphatic rings. The van der Waals surface area contributed by atoms with Gasteiger partial charge in [-0.2, -0.15) is 17.6 Å². The molecule has 2 aliphatic carbocycles. The van der Waals surface area contributed by atoms with Gasteiger partial charge in [-0.3, -0.25) is 14.6 Å². The summed E-state index contributed by atoms with van der Waals surface area (Å²) >= 11 is 6.29. The lowest BCUT2D eigenvalue weighted by molar-refractivity contribution is -0.0521. The van der Waals surface area contributed by atoms with Gasteiger partial charge in [0.2, 0.25) is 0 Å². The summed E-state index contributed by atoms with van der Waals surface area (Å²) < 4.78 is 73.2. The molecule has 13 heteroatoms. The highest BCUT2D eigenvalue weighted by Crippen LogP contribution is 2.37. The molecular weight excluding hydrogens is 584 g/mol. The number of carbonyl (C=O) groups excluding carboxylic acids is 2. The number of pyridine rings is 1. The highest BCUT2D eigenvalue weighted by molar-refractivity contribution is 6.36. The maximum atomic E-state index is 13.8. The van der Waals surface area contributed by atoms with E-state index in [0.29, 0.717) is 29.9 Å². The van der Waals surface area contributed by atoms with E-state index < -0.39 is 36.5 Å². The van der Waals surface area contributed by atoms with Crippen LogP contribution in [0.2, 0.25) is 5.02 Å². The Labute approximate surface area is 243 Å². The van der Waals surface area contributed by atoms with Crippen LogP contribution in [0.3, 0.4) is 0 Å². The van der Waals surface area contributed by atoms with Gasteiger partial charge in [0, 0.05) is 23.5 Å². The fourth-order valence-electron chi connectivity index (χ4n) is 4.00. The van der Waals surface area contributed by atoms with Gasteiger partial charge in [0.1, 0.15) is 0 Å².